The fraction of sp³-hybridized carbons (Fsp3) is 0.486. The number of phenols is 1. The van der Waals surface area contributed by atoms with Gasteiger partial charge in [0, 0.05) is 11.8 Å². The van der Waals surface area contributed by atoms with Crippen molar-refractivity contribution in [3.8, 4) is 5.75 Å². The number of hydrogen-bond acceptors (Lipinski definition) is 7. The molecular formula is C35H50O7P2. The molecule has 0 fully saturated rings. The number of phenolic OH excluding ortho intramolecular Hbond substituents is 1. The van der Waals surface area contributed by atoms with Gasteiger partial charge < -0.3 is 23.2 Å². The summed E-state index contributed by atoms with van der Waals surface area (Å²) in [4.78, 5) is 0. The Hall–Kier alpha value is -2.24. The van der Waals surface area contributed by atoms with Crippen molar-refractivity contribution < 1.29 is 32.3 Å². The van der Waals surface area contributed by atoms with E-state index in [9.17, 15) is 14.2 Å². The van der Waals surface area contributed by atoms with Gasteiger partial charge in [0.05, 0.1) is 26.4 Å². The van der Waals surface area contributed by atoms with Gasteiger partial charge in [0.2, 0.25) is 0 Å². The van der Waals surface area contributed by atoms with Gasteiger partial charge in [-0.15, -0.1) is 0 Å². The highest BCUT2D eigenvalue weighted by Crippen LogP contribution is 2.74. The van der Waals surface area contributed by atoms with Gasteiger partial charge in [-0.2, -0.15) is 0 Å². The minimum atomic E-state index is -4.16. The summed E-state index contributed by atoms with van der Waals surface area (Å²) in [6.45, 7) is 8.79. The largest absolute Gasteiger partial charge is 0.507 e. The molecule has 0 aliphatic carbocycles. The van der Waals surface area contributed by atoms with Crippen LogP contribution in [0.1, 0.15) is 95.8 Å². The summed E-state index contributed by atoms with van der Waals surface area (Å²) in [5.74, 6) is 0.173. The van der Waals surface area contributed by atoms with Crippen LogP contribution in [0.3, 0.4) is 0 Å². The fourth-order valence-corrected chi connectivity index (χ4v) is 9.26. The number of benzene rings is 3. The third-order valence-corrected chi connectivity index (χ3v) is 12.2. The van der Waals surface area contributed by atoms with E-state index < -0.39 is 15.2 Å². The molecule has 0 saturated heterocycles. The lowest BCUT2D eigenvalue weighted by Gasteiger charge is -2.27. The molecule has 3 aromatic carbocycles. The first kappa shape index (κ1) is 36.2. The van der Waals surface area contributed by atoms with E-state index in [2.05, 4.69) is 0 Å². The lowest BCUT2D eigenvalue weighted by atomic mass is 9.95. The van der Waals surface area contributed by atoms with Crippen molar-refractivity contribution in [2.45, 2.75) is 85.5 Å². The van der Waals surface area contributed by atoms with Crippen molar-refractivity contribution in [1.29, 1.82) is 0 Å². The Balaban J connectivity index is 2.30. The smallest absolute Gasteiger partial charge is 0.369 e. The van der Waals surface area contributed by atoms with Gasteiger partial charge in [-0.05, 0) is 59.9 Å². The second kappa shape index (κ2) is 18.7. The maximum Gasteiger partial charge on any atom is 0.369 e. The molecule has 0 heterocycles. The SMILES string of the molecule is CCCCOP(=O)(OCCCC)C(=Cc1cc(Cc2ccccc2)c(O)c2ccccc12)P(=O)(OCCCC)OCCCC. The minimum absolute atomic E-state index is 0.0917. The molecule has 1 N–H and O–H groups in total. The van der Waals surface area contributed by atoms with Crippen LogP contribution in [-0.4, -0.2) is 31.5 Å². The average Bonchev–Trinajstić information content (AvgIpc) is 3.03. The average molecular weight is 645 g/mol. The molecule has 0 aromatic heterocycles. The predicted octanol–water partition coefficient (Wildman–Crippen LogP) is 11.1. The van der Waals surface area contributed by atoms with Gasteiger partial charge in [-0.3, -0.25) is 9.13 Å². The first-order chi connectivity index (χ1) is 21.3. The van der Waals surface area contributed by atoms with Crippen molar-refractivity contribution in [3.63, 3.8) is 0 Å². The molecule has 0 radical (unpaired) electrons. The van der Waals surface area contributed by atoms with Crippen LogP contribution in [0.5, 0.6) is 5.75 Å². The van der Waals surface area contributed by atoms with Crippen molar-refractivity contribution in [3.05, 3.63) is 82.4 Å². The molecule has 7 nitrogen and oxygen atoms in total. The molecule has 44 heavy (non-hydrogen) atoms. The van der Waals surface area contributed by atoms with E-state index in [1.54, 1.807) is 6.08 Å². The van der Waals surface area contributed by atoms with Gasteiger partial charge in [-0.1, -0.05) is 108 Å². The Morgan fingerprint density at radius 3 is 1.55 bits per heavy atom. The topological polar surface area (TPSA) is 91.3 Å². The molecule has 9 heteroatoms. The minimum Gasteiger partial charge on any atom is -0.507 e. The molecule has 0 aliphatic rings. The van der Waals surface area contributed by atoms with E-state index in [-0.39, 0.29) is 37.2 Å². The molecular weight excluding hydrogens is 594 g/mol. The fourth-order valence-electron chi connectivity index (χ4n) is 4.62. The summed E-state index contributed by atoms with van der Waals surface area (Å²) in [6.07, 6.45) is 8.06. The highest BCUT2D eigenvalue weighted by atomic mass is 31.2. The highest BCUT2D eigenvalue weighted by Gasteiger charge is 2.46. The number of fused-ring (bicyclic) bond motifs is 1. The maximum absolute atomic E-state index is 14.9. The monoisotopic (exact) mass is 644 g/mol. The number of unbranched alkanes of at least 4 members (excludes halogenated alkanes) is 4. The molecule has 0 bridgehead atoms. The van der Waals surface area contributed by atoms with Crippen molar-refractivity contribution >= 4 is 32.0 Å². The number of aromatic hydroxyl groups is 1. The lowest BCUT2D eigenvalue weighted by molar-refractivity contribution is 0.194. The lowest BCUT2D eigenvalue weighted by Crippen LogP contribution is -2.08. The predicted molar refractivity (Wildman–Crippen MR) is 181 cm³/mol. The standard InChI is InChI=1S/C35H50O7P2/c1-5-9-22-39-43(37,40-23-10-6-2)34(44(38,41-24-11-7-3)42-25-12-8-4)28-30-27-31(26-29-18-14-13-15-19-29)35(36)33-21-17-16-20-32(30)33/h13-21,27-28,36H,5-12,22-26H2,1-4H3. The molecule has 0 unspecified atom stereocenters. The Morgan fingerprint density at radius 1 is 0.659 bits per heavy atom. The second-order valence-electron chi connectivity index (χ2n) is 10.9. The zero-order chi connectivity index (χ0) is 31.8. The molecule has 0 saturated carbocycles. The molecule has 0 aliphatic heterocycles. The number of rotatable bonds is 21. The van der Waals surface area contributed by atoms with E-state index in [4.69, 9.17) is 18.1 Å². The van der Waals surface area contributed by atoms with E-state index in [1.165, 1.54) is 0 Å². The van der Waals surface area contributed by atoms with Crippen LogP contribution in [-0.2, 0) is 33.6 Å². The van der Waals surface area contributed by atoms with Crippen LogP contribution in [0.4, 0.5) is 0 Å². The Morgan fingerprint density at radius 2 is 1.09 bits per heavy atom. The zero-order valence-corrected chi connectivity index (χ0v) is 28.6. The van der Waals surface area contributed by atoms with Gasteiger partial charge in [0.1, 0.15) is 5.75 Å². The summed E-state index contributed by atoms with van der Waals surface area (Å²) in [5.41, 5.74) is 2.33. The van der Waals surface area contributed by atoms with Crippen LogP contribution in [0, 0.1) is 0 Å². The van der Waals surface area contributed by atoms with Gasteiger partial charge in [0.15, 0.2) is 5.06 Å². The molecule has 0 amide bonds. The second-order valence-corrected chi connectivity index (χ2v) is 15.3. The quantitative estimate of drug-likeness (QED) is 0.0911. The van der Waals surface area contributed by atoms with E-state index in [1.807, 2.05) is 88.4 Å². The van der Waals surface area contributed by atoms with Crippen molar-refractivity contribution in [2.75, 3.05) is 26.4 Å². The summed E-state index contributed by atoms with van der Waals surface area (Å²) < 4.78 is 53.9. The zero-order valence-electron chi connectivity index (χ0n) is 26.8. The summed E-state index contributed by atoms with van der Waals surface area (Å²) in [7, 11) is -8.32. The summed E-state index contributed by atoms with van der Waals surface area (Å²) >= 11 is 0. The molecule has 3 aromatic rings. The summed E-state index contributed by atoms with van der Waals surface area (Å²) in [6, 6.07) is 19.2. The number of hydrogen-bond donors (Lipinski definition) is 1. The molecule has 0 atom stereocenters. The van der Waals surface area contributed by atoms with Gasteiger partial charge in [-0.25, -0.2) is 0 Å². The van der Waals surface area contributed by atoms with Crippen LogP contribution in [0.25, 0.3) is 16.8 Å². The normalized spacial score (nSPS) is 12.1. The molecule has 242 valence electrons. The maximum atomic E-state index is 14.9. The van der Waals surface area contributed by atoms with E-state index >= 15 is 0 Å². The van der Waals surface area contributed by atoms with E-state index in [0.29, 0.717) is 54.0 Å². The third-order valence-electron chi connectivity index (χ3n) is 7.25. The van der Waals surface area contributed by atoms with Crippen LogP contribution < -0.4 is 0 Å². The van der Waals surface area contributed by atoms with Crippen LogP contribution in [0.15, 0.2) is 65.7 Å². The molecule has 3 rings (SSSR count). The Labute approximate surface area is 264 Å². The summed E-state index contributed by atoms with van der Waals surface area (Å²) in [5, 5.41) is 12.6. The van der Waals surface area contributed by atoms with Crippen molar-refractivity contribution in [2.24, 2.45) is 0 Å². The molecule has 0 spiro atoms. The van der Waals surface area contributed by atoms with Crippen LogP contribution >= 0.6 is 15.2 Å². The first-order valence-corrected chi connectivity index (χ1v) is 19.2. The van der Waals surface area contributed by atoms with Crippen LogP contribution in [0.2, 0.25) is 0 Å². The third kappa shape index (κ3) is 10.1. The van der Waals surface area contributed by atoms with Gasteiger partial charge >= 0.3 is 15.2 Å². The Bertz CT molecular complexity index is 1350. The Kier molecular flexibility index (Phi) is 15.4. The van der Waals surface area contributed by atoms with Crippen molar-refractivity contribution in [1.82, 2.24) is 0 Å². The first-order valence-electron chi connectivity index (χ1n) is 16.1. The van der Waals surface area contributed by atoms with E-state index in [0.717, 1.165) is 31.2 Å². The van der Waals surface area contributed by atoms with Gasteiger partial charge in [0.25, 0.3) is 0 Å². The highest BCUT2D eigenvalue weighted by molar-refractivity contribution is 7.79.